The summed E-state index contributed by atoms with van der Waals surface area (Å²) >= 11 is 9.21. The van der Waals surface area contributed by atoms with Gasteiger partial charge in [-0.15, -0.1) is 0 Å². The van der Waals surface area contributed by atoms with E-state index in [1.54, 1.807) is 12.4 Å². The molecule has 1 aromatic carbocycles. The topological polar surface area (TPSA) is 71.8 Å². The molecular weight excluding hydrogens is 468 g/mol. The van der Waals surface area contributed by atoms with Crippen LogP contribution in [0.15, 0.2) is 23.1 Å². The minimum absolute atomic E-state index is 0.0508. The van der Waals surface area contributed by atoms with E-state index in [0.29, 0.717) is 15.6 Å². The number of amides is 1. The largest absolute Gasteiger partial charge is 0.349 e. The molecule has 0 atom stereocenters. The Hall–Kier alpha value is -2.26. The Morgan fingerprint density at radius 2 is 2.03 bits per heavy atom. The molecule has 0 aliphatic heterocycles. The zero-order valence-corrected chi connectivity index (χ0v) is 17.9. The zero-order chi connectivity index (χ0) is 20.9. The molecule has 0 spiro atoms. The summed E-state index contributed by atoms with van der Waals surface area (Å²) in [7, 11) is 0. The maximum absolute atomic E-state index is 14.6. The smallest absolute Gasteiger partial charge is 0.253 e. The number of imidazole rings is 1. The molecule has 6 nitrogen and oxygen atoms in total. The minimum atomic E-state index is -1.29. The molecule has 4 rings (SSSR count). The molecule has 2 heterocycles. The van der Waals surface area contributed by atoms with E-state index in [4.69, 9.17) is 11.6 Å². The van der Waals surface area contributed by atoms with Crippen molar-refractivity contribution < 1.29 is 13.6 Å². The molecule has 0 radical (unpaired) electrons. The second-order valence-corrected chi connectivity index (χ2v) is 8.38. The maximum Gasteiger partial charge on any atom is 0.253 e. The van der Waals surface area contributed by atoms with Crippen LogP contribution in [-0.4, -0.2) is 26.5 Å². The average Bonchev–Trinajstić information content (AvgIpc) is 3.36. The Bertz CT molecular complexity index is 1130. The van der Waals surface area contributed by atoms with Gasteiger partial charge >= 0.3 is 0 Å². The second kappa shape index (κ2) is 7.53. The van der Waals surface area contributed by atoms with E-state index in [1.165, 1.54) is 6.07 Å². The lowest BCUT2D eigenvalue weighted by Crippen LogP contribution is -2.26. The Morgan fingerprint density at radius 1 is 1.31 bits per heavy atom. The molecule has 0 unspecified atom stereocenters. The number of carbonyl (C=O) groups excluding carboxylic acids is 1. The van der Waals surface area contributed by atoms with Crippen LogP contribution in [0.4, 0.5) is 20.3 Å². The molecule has 1 amide bonds. The molecule has 0 saturated heterocycles. The SMILES string of the molecule is CC(C)n1cnc2cc(Br)nc(Nc3cc(C(=O)NC4CC4)c(Cl)c(F)c3F)c21. The zero-order valence-electron chi connectivity index (χ0n) is 15.6. The second-order valence-electron chi connectivity index (χ2n) is 7.19. The molecule has 1 fully saturated rings. The number of nitrogens with zero attached hydrogens (tertiary/aromatic N) is 3. The third-order valence-electron chi connectivity index (χ3n) is 4.63. The first-order valence-corrected chi connectivity index (χ1v) is 10.2. The summed E-state index contributed by atoms with van der Waals surface area (Å²) in [6, 6.07) is 3.04. The van der Waals surface area contributed by atoms with Crippen molar-refractivity contribution in [2.24, 2.45) is 0 Å². The van der Waals surface area contributed by atoms with Crippen LogP contribution in [0.1, 0.15) is 43.1 Å². The molecule has 152 valence electrons. The maximum atomic E-state index is 14.6. The van der Waals surface area contributed by atoms with Gasteiger partial charge in [0, 0.05) is 12.1 Å². The van der Waals surface area contributed by atoms with E-state index in [-0.39, 0.29) is 29.2 Å². The highest BCUT2D eigenvalue weighted by Crippen LogP contribution is 2.34. The number of hydrogen-bond acceptors (Lipinski definition) is 4. The van der Waals surface area contributed by atoms with E-state index in [9.17, 15) is 13.6 Å². The Morgan fingerprint density at radius 3 is 2.69 bits per heavy atom. The number of fused-ring (bicyclic) bond motifs is 1. The van der Waals surface area contributed by atoms with Crippen molar-refractivity contribution in [1.29, 1.82) is 0 Å². The monoisotopic (exact) mass is 483 g/mol. The first-order valence-electron chi connectivity index (χ1n) is 9.04. The summed E-state index contributed by atoms with van der Waals surface area (Å²) in [4.78, 5) is 21.1. The Labute approximate surface area is 178 Å². The molecule has 1 aliphatic rings. The lowest BCUT2D eigenvalue weighted by Gasteiger charge is -2.15. The first kappa shape index (κ1) is 20.0. The van der Waals surface area contributed by atoms with E-state index in [2.05, 4.69) is 36.5 Å². The number of nitrogens with one attached hydrogen (secondary N) is 2. The summed E-state index contributed by atoms with van der Waals surface area (Å²) in [5, 5.41) is 4.99. The normalized spacial score (nSPS) is 13.9. The van der Waals surface area contributed by atoms with Gasteiger partial charge in [-0.3, -0.25) is 4.79 Å². The van der Waals surface area contributed by atoms with Gasteiger partial charge in [0.1, 0.15) is 10.1 Å². The van der Waals surface area contributed by atoms with Gasteiger partial charge < -0.3 is 15.2 Å². The van der Waals surface area contributed by atoms with Crippen molar-refractivity contribution in [3.05, 3.63) is 45.3 Å². The molecular formula is C19H17BrClF2N5O. The number of carbonyl (C=O) groups is 1. The van der Waals surface area contributed by atoms with Crippen molar-refractivity contribution in [1.82, 2.24) is 19.9 Å². The predicted molar refractivity (Wildman–Crippen MR) is 111 cm³/mol. The van der Waals surface area contributed by atoms with Gasteiger partial charge in [0.25, 0.3) is 5.91 Å². The van der Waals surface area contributed by atoms with E-state index >= 15 is 0 Å². The summed E-state index contributed by atoms with van der Waals surface area (Å²) in [6.07, 6.45) is 3.37. The number of anilines is 2. The van der Waals surface area contributed by atoms with E-state index < -0.39 is 22.6 Å². The average molecular weight is 485 g/mol. The molecule has 10 heteroatoms. The first-order chi connectivity index (χ1) is 13.8. The highest BCUT2D eigenvalue weighted by molar-refractivity contribution is 9.10. The molecule has 0 bridgehead atoms. The van der Waals surface area contributed by atoms with Crippen LogP contribution in [0.2, 0.25) is 5.02 Å². The predicted octanol–water partition coefficient (Wildman–Crippen LogP) is 5.34. The van der Waals surface area contributed by atoms with Crippen LogP contribution < -0.4 is 10.6 Å². The van der Waals surface area contributed by atoms with Gasteiger partial charge in [-0.25, -0.2) is 18.7 Å². The number of hydrogen-bond donors (Lipinski definition) is 2. The van der Waals surface area contributed by atoms with Gasteiger partial charge in [-0.1, -0.05) is 11.6 Å². The van der Waals surface area contributed by atoms with Gasteiger partial charge in [0.05, 0.1) is 28.1 Å². The lowest BCUT2D eigenvalue weighted by atomic mass is 10.1. The summed E-state index contributed by atoms with van der Waals surface area (Å²) in [5.41, 5.74) is 0.881. The molecule has 29 heavy (non-hydrogen) atoms. The lowest BCUT2D eigenvalue weighted by molar-refractivity contribution is 0.0950. The highest BCUT2D eigenvalue weighted by Gasteiger charge is 2.28. The fraction of sp³-hybridized carbons (Fsp3) is 0.316. The Balaban J connectivity index is 1.81. The van der Waals surface area contributed by atoms with Crippen molar-refractivity contribution >= 4 is 56.0 Å². The van der Waals surface area contributed by atoms with Crippen LogP contribution in [0.25, 0.3) is 11.0 Å². The third-order valence-corrected chi connectivity index (χ3v) is 5.41. The van der Waals surface area contributed by atoms with Crippen LogP contribution in [0, 0.1) is 11.6 Å². The van der Waals surface area contributed by atoms with Crippen LogP contribution in [0.3, 0.4) is 0 Å². The highest BCUT2D eigenvalue weighted by atomic mass is 79.9. The quantitative estimate of drug-likeness (QED) is 0.379. The fourth-order valence-electron chi connectivity index (χ4n) is 2.99. The van der Waals surface area contributed by atoms with Crippen molar-refractivity contribution in [2.45, 2.75) is 38.8 Å². The van der Waals surface area contributed by atoms with Gasteiger partial charge in [0.15, 0.2) is 17.5 Å². The molecule has 1 aliphatic carbocycles. The van der Waals surface area contributed by atoms with E-state index in [1.807, 2.05) is 18.4 Å². The number of rotatable bonds is 5. The standard InChI is InChI=1S/C19H17BrClF2N5O/c1-8(2)28-7-24-12-6-13(20)27-18(17(12)28)26-11-5-10(14(21)16(23)15(11)22)19(29)25-9-3-4-9/h5-9H,3-4H2,1-2H3,(H,25,29)(H,26,27). The van der Waals surface area contributed by atoms with Crippen molar-refractivity contribution in [3.63, 3.8) is 0 Å². The van der Waals surface area contributed by atoms with Crippen LogP contribution >= 0.6 is 27.5 Å². The van der Waals surface area contributed by atoms with Gasteiger partial charge in [-0.2, -0.15) is 0 Å². The summed E-state index contributed by atoms with van der Waals surface area (Å²) < 4.78 is 31.4. The van der Waals surface area contributed by atoms with Crippen LogP contribution in [0.5, 0.6) is 0 Å². The Kier molecular flexibility index (Phi) is 5.20. The van der Waals surface area contributed by atoms with Gasteiger partial charge in [0.2, 0.25) is 0 Å². The minimum Gasteiger partial charge on any atom is -0.349 e. The van der Waals surface area contributed by atoms with E-state index in [0.717, 1.165) is 12.8 Å². The van der Waals surface area contributed by atoms with Gasteiger partial charge in [-0.05, 0) is 54.8 Å². The fourth-order valence-corrected chi connectivity index (χ4v) is 3.60. The molecule has 2 N–H and O–H groups in total. The van der Waals surface area contributed by atoms with Crippen molar-refractivity contribution in [2.75, 3.05) is 5.32 Å². The van der Waals surface area contributed by atoms with Crippen LogP contribution in [-0.2, 0) is 0 Å². The molecule has 1 saturated carbocycles. The number of pyridine rings is 1. The number of aromatic nitrogens is 3. The van der Waals surface area contributed by atoms with Crippen molar-refractivity contribution in [3.8, 4) is 0 Å². The summed E-state index contributed by atoms with van der Waals surface area (Å²) in [5.74, 6) is -2.75. The third kappa shape index (κ3) is 3.81. The molecule has 2 aromatic heterocycles. The number of halogens is 4. The molecule has 3 aromatic rings. The summed E-state index contributed by atoms with van der Waals surface area (Å²) in [6.45, 7) is 3.94. The number of benzene rings is 1.